The van der Waals surface area contributed by atoms with Gasteiger partial charge in [0, 0.05) is 5.38 Å². The Bertz CT molecular complexity index is 255. The lowest BCUT2D eigenvalue weighted by Crippen LogP contribution is -1.76. The second-order valence-electron chi connectivity index (χ2n) is 1.51. The van der Waals surface area contributed by atoms with Crippen molar-refractivity contribution in [2.24, 2.45) is 0 Å². The third-order valence-electron chi connectivity index (χ3n) is 0.927. The van der Waals surface area contributed by atoms with E-state index in [-0.39, 0.29) is 0 Å². The number of hydrogen-bond donors (Lipinski definition) is 0. The fraction of sp³-hybridized carbons (Fsp3) is 0. The van der Waals surface area contributed by atoms with E-state index in [1.165, 1.54) is 23.1 Å². The van der Waals surface area contributed by atoms with Crippen LogP contribution in [0.3, 0.4) is 0 Å². The van der Waals surface area contributed by atoms with Gasteiger partial charge in [0.15, 0.2) is 0 Å². The standard InChI is InChI=1S/C4HN4S2/c1-3(5-7-9-1)4-2-10-8-6-4/h1H. The zero-order chi connectivity index (χ0) is 6.81. The summed E-state index contributed by atoms with van der Waals surface area (Å²) in [6.45, 7) is 0. The Morgan fingerprint density at radius 1 is 1.30 bits per heavy atom. The largest absolute Gasteiger partial charge is 0.136 e. The maximum absolute atomic E-state index is 3.80. The average molecular weight is 169 g/mol. The highest BCUT2D eigenvalue weighted by Crippen LogP contribution is 2.13. The highest BCUT2D eigenvalue weighted by molar-refractivity contribution is 7.04. The molecule has 0 unspecified atom stereocenters. The van der Waals surface area contributed by atoms with Gasteiger partial charge in [-0.25, -0.2) is 0 Å². The molecule has 0 saturated carbocycles. The summed E-state index contributed by atoms with van der Waals surface area (Å²) in [7, 11) is 0. The lowest BCUT2D eigenvalue weighted by molar-refractivity contribution is 1.11. The molecular formula is C4HN4S2. The summed E-state index contributed by atoms with van der Waals surface area (Å²) in [6, 6.07) is 0. The number of nitrogens with zero attached hydrogens (tertiary/aromatic N) is 4. The summed E-state index contributed by atoms with van der Waals surface area (Å²) in [5.74, 6) is 0. The molecule has 0 aliphatic carbocycles. The minimum absolute atomic E-state index is 0.679. The van der Waals surface area contributed by atoms with Gasteiger partial charge < -0.3 is 0 Å². The molecule has 2 aromatic heterocycles. The maximum Gasteiger partial charge on any atom is 0.135 e. The molecule has 0 spiro atoms. The van der Waals surface area contributed by atoms with Crippen LogP contribution in [0.5, 0.6) is 0 Å². The predicted octanol–water partition coefficient (Wildman–Crippen LogP) is 0.857. The van der Waals surface area contributed by atoms with Gasteiger partial charge in [-0.1, -0.05) is 8.98 Å². The van der Waals surface area contributed by atoms with Gasteiger partial charge in [-0.2, -0.15) is 0 Å². The lowest BCUT2D eigenvalue weighted by atomic mass is 10.4. The molecule has 0 saturated heterocycles. The SMILES string of the molecule is [c]1snnc1-c1csnn1. The van der Waals surface area contributed by atoms with E-state index in [4.69, 9.17) is 0 Å². The van der Waals surface area contributed by atoms with Gasteiger partial charge in [-0.15, -0.1) is 10.2 Å². The van der Waals surface area contributed by atoms with Crippen molar-refractivity contribution >= 4 is 23.1 Å². The molecule has 4 nitrogen and oxygen atoms in total. The normalized spacial score (nSPS) is 10.0. The molecule has 0 amide bonds. The molecule has 2 rings (SSSR count). The van der Waals surface area contributed by atoms with E-state index < -0.39 is 0 Å². The highest BCUT2D eigenvalue weighted by atomic mass is 32.1. The quantitative estimate of drug-likeness (QED) is 0.635. The van der Waals surface area contributed by atoms with Crippen LogP contribution in [-0.4, -0.2) is 19.2 Å². The summed E-state index contributed by atoms with van der Waals surface area (Å²) < 4.78 is 7.34. The fourth-order valence-corrected chi connectivity index (χ4v) is 1.35. The van der Waals surface area contributed by atoms with Crippen LogP contribution in [0.2, 0.25) is 0 Å². The topological polar surface area (TPSA) is 51.6 Å². The minimum Gasteiger partial charge on any atom is -0.136 e. The first kappa shape index (κ1) is 5.87. The molecule has 0 atom stereocenters. The predicted molar refractivity (Wildman–Crippen MR) is 37.6 cm³/mol. The van der Waals surface area contributed by atoms with Gasteiger partial charge in [0.1, 0.15) is 11.4 Å². The van der Waals surface area contributed by atoms with Crippen LogP contribution in [0, 0.1) is 5.38 Å². The van der Waals surface area contributed by atoms with E-state index in [9.17, 15) is 0 Å². The van der Waals surface area contributed by atoms with E-state index in [2.05, 4.69) is 24.6 Å². The molecule has 0 bridgehead atoms. The minimum atomic E-state index is 0.679. The van der Waals surface area contributed by atoms with Crippen LogP contribution >= 0.6 is 23.1 Å². The fourth-order valence-electron chi connectivity index (χ4n) is 0.517. The molecule has 1 radical (unpaired) electrons. The van der Waals surface area contributed by atoms with Crippen LogP contribution in [0.1, 0.15) is 0 Å². The summed E-state index contributed by atoms with van der Waals surface area (Å²) in [4.78, 5) is 0. The van der Waals surface area contributed by atoms with Crippen LogP contribution < -0.4 is 0 Å². The van der Waals surface area contributed by atoms with E-state index in [0.717, 1.165) is 5.69 Å². The molecule has 2 heterocycles. The molecule has 6 heteroatoms. The highest BCUT2D eigenvalue weighted by Gasteiger charge is 2.02. The maximum atomic E-state index is 3.80. The third kappa shape index (κ3) is 0.910. The Balaban J connectivity index is 2.48. The molecule has 0 N–H and O–H groups in total. The Labute approximate surface area is 64.9 Å². The van der Waals surface area contributed by atoms with Crippen LogP contribution in [0.15, 0.2) is 5.38 Å². The van der Waals surface area contributed by atoms with Crippen LogP contribution in [-0.2, 0) is 0 Å². The van der Waals surface area contributed by atoms with E-state index in [1.54, 1.807) is 0 Å². The monoisotopic (exact) mass is 169 g/mol. The Morgan fingerprint density at radius 2 is 2.30 bits per heavy atom. The van der Waals surface area contributed by atoms with E-state index in [0.29, 0.717) is 5.69 Å². The van der Waals surface area contributed by atoms with Gasteiger partial charge in [0.2, 0.25) is 0 Å². The average Bonchev–Trinajstić information content (AvgIpc) is 2.59. The molecule has 10 heavy (non-hydrogen) atoms. The second kappa shape index (κ2) is 2.39. The summed E-state index contributed by atoms with van der Waals surface area (Å²) >= 11 is 2.48. The van der Waals surface area contributed by atoms with Gasteiger partial charge in [-0.3, -0.25) is 0 Å². The number of rotatable bonds is 1. The zero-order valence-corrected chi connectivity index (χ0v) is 6.32. The molecule has 49 valence electrons. The van der Waals surface area contributed by atoms with Crippen molar-refractivity contribution in [3.05, 3.63) is 10.8 Å². The Kier molecular flexibility index (Phi) is 1.40. The smallest absolute Gasteiger partial charge is 0.135 e. The van der Waals surface area contributed by atoms with Crippen molar-refractivity contribution in [2.75, 3.05) is 0 Å². The van der Waals surface area contributed by atoms with Crippen molar-refractivity contribution in [3.8, 4) is 11.4 Å². The summed E-state index contributed by atoms with van der Waals surface area (Å²) in [5.41, 5.74) is 1.43. The molecule has 0 aromatic carbocycles. The van der Waals surface area contributed by atoms with Gasteiger partial charge >= 0.3 is 0 Å². The first-order chi connectivity index (χ1) is 4.97. The Hall–Kier alpha value is -0.880. The molecular weight excluding hydrogens is 168 g/mol. The summed E-state index contributed by atoms with van der Waals surface area (Å²) in [5, 5.41) is 12.3. The second-order valence-corrected chi connectivity index (χ2v) is 2.67. The van der Waals surface area contributed by atoms with Gasteiger partial charge in [0.05, 0.1) is 5.38 Å². The molecule has 0 fully saturated rings. The van der Waals surface area contributed by atoms with Crippen LogP contribution in [0.4, 0.5) is 0 Å². The number of aromatic nitrogens is 4. The summed E-state index contributed by atoms with van der Waals surface area (Å²) in [6.07, 6.45) is 0. The van der Waals surface area contributed by atoms with E-state index >= 15 is 0 Å². The molecule has 0 aliphatic heterocycles. The van der Waals surface area contributed by atoms with Crippen molar-refractivity contribution in [1.82, 2.24) is 19.2 Å². The lowest BCUT2D eigenvalue weighted by Gasteiger charge is -1.78. The first-order valence-electron chi connectivity index (χ1n) is 2.44. The van der Waals surface area contributed by atoms with Crippen molar-refractivity contribution in [1.29, 1.82) is 0 Å². The number of hydrogen-bond acceptors (Lipinski definition) is 6. The zero-order valence-electron chi connectivity index (χ0n) is 4.68. The van der Waals surface area contributed by atoms with Gasteiger partial charge in [-0.05, 0) is 23.1 Å². The van der Waals surface area contributed by atoms with E-state index in [1.807, 2.05) is 5.38 Å². The Morgan fingerprint density at radius 3 is 2.90 bits per heavy atom. The molecule has 2 aromatic rings. The van der Waals surface area contributed by atoms with Crippen molar-refractivity contribution < 1.29 is 0 Å². The van der Waals surface area contributed by atoms with Crippen LogP contribution in [0.25, 0.3) is 11.4 Å². The van der Waals surface area contributed by atoms with Crippen molar-refractivity contribution in [2.45, 2.75) is 0 Å². The van der Waals surface area contributed by atoms with Gasteiger partial charge in [0.25, 0.3) is 0 Å². The first-order valence-corrected chi connectivity index (χ1v) is 4.05. The third-order valence-corrected chi connectivity index (χ3v) is 1.88. The van der Waals surface area contributed by atoms with Crippen molar-refractivity contribution in [3.63, 3.8) is 0 Å². The molecule has 0 aliphatic rings.